The van der Waals surface area contributed by atoms with E-state index in [-0.39, 0.29) is 18.9 Å². The number of pyridine rings is 1. The minimum atomic E-state index is -1.04. The number of ether oxygens (including phenoxy) is 2. The number of nitrogens with one attached hydrogen (secondary N) is 1. The van der Waals surface area contributed by atoms with Crippen LogP contribution in [0, 0.1) is 0 Å². The average Bonchev–Trinajstić information content (AvgIpc) is 3.11. The highest BCUT2D eigenvalue weighted by Crippen LogP contribution is 2.44. The summed E-state index contributed by atoms with van der Waals surface area (Å²) in [6, 6.07) is 18.6. The average molecular weight is 418 g/mol. The molecule has 3 aromatic rings. The molecular formula is C24H22N2O5. The number of methoxy groups -OCH3 is 1. The van der Waals surface area contributed by atoms with E-state index < -0.39 is 18.1 Å². The zero-order valence-corrected chi connectivity index (χ0v) is 16.9. The number of amides is 1. The second-order valence-corrected chi connectivity index (χ2v) is 7.25. The van der Waals surface area contributed by atoms with Crippen molar-refractivity contribution in [1.29, 1.82) is 0 Å². The smallest absolute Gasteiger partial charge is 0.407 e. The van der Waals surface area contributed by atoms with Crippen molar-refractivity contribution in [3.63, 3.8) is 0 Å². The number of alkyl carbamates (subject to hydrolysis) is 1. The summed E-state index contributed by atoms with van der Waals surface area (Å²) < 4.78 is 10.6. The second kappa shape index (κ2) is 8.87. The van der Waals surface area contributed by atoms with E-state index in [2.05, 4.69) is 22.4 Å². The molecule has 7 nitrogen and oxygen atoms in total. The summed E-state index contributed by atoms with van der Waals surface area (Å²) in [5.41, 5.74) is 5.05. The van der Waals surface area contributed by atoms with Gasteiger partial charge in [0.25, 0.3) is 0 Å². The highest BCUT2D eigenvalue weighted by atomic mass is 16.5. The molecule has 1 aromatic heterocycles. The fourth-order valence-electron chi connectivity index (χ4n) is 3.93. The number of benzene rings is 2. The largest absolute Gasteiger partial charge is 0.481 e. The van der Waals surface area contributed by atoms with Crippen LogP contribution in [-0.4, -0.2) is 35.9 Å². The molecule has 1 atom stereocenters. The Kier molecular flexibility index (Phi) is 5.84. The number of rotatable bonds is 7. The van der Waals surface area contributed by atoms with Crippen LogP contribution in [0.4, 0.5) is 4.79 Å². The lowest BCUT2D eigenvalue weighted by molar-refractivity contribution is -0.137. The Hall–Kier alpha value is -3.87. The van der Waals surface area contributed by atoms with Crippen molar-refractivity contribution in [2.75, 3.05) is 13.7 Å². The van der Waals surface area contributed by atoms with Gasteiger partial charge in [0, 0.05) is 18.2 Å². The van der Waals surface area contributed by atoms with E-state index in [4.69, 9.17) is 9.47 Å². The lowest BCUT2D eigenvalue weighted by Gasteiger charge is -2.19. The first-order valence-electron chi connectivity index (χ1n) is 9.90. The molecule has 2 aromatic carbocycles. The van der Waals surface area contributed by atoms with Gasteiger partial charge in [0.1, 0.15) is 6.61 Å². The number of aliphatic carboxylic acids is 1. The first-order chi connectivity index (χ1) is 15.1. The Morgan fingerprint density at radius 1 is 1.03 bits per heavy atom. The van der Waals surface area contributed by atoms with Crippen LogP contribution >= 0.6 is 0 Å². The van der Waals surface area contributed by atoms with E-state index in [0.29, 0.717) is 11.4 Å². The SMILES string of the molecule is COc1ccc(C(CC(=O)O)NC(=O)OCC2c3ccccc3-c3ccccc32)cn1. The van der Waals surface area contributed by atoms with Crippen molar-refractivity contribution >= 4 is 12.1 Å². The molecule has 7 heteroatoms. The van der Waals surface area contributed by atoms with Gasteiger partial charge in [-0.25, -0.2) is 9.78 Å². The van der Waals surface area contributed by atoms with Crippen LogP contribution in [0.2, 0.25) is 0 Å². The number of carbonyl (C=O) groups is 2. The van der Waals surface area contributed by atoms with Crippen LogP contribution in [0.5, 0.6) is 5.88 Å². The van der Waals surface area contributed by atoms with Crippen LogP contribution in [0.3, 0.4) is 0 Å². The van der Waals surface area contributed by atoms with E-state index in [1.165, 1.54) is 13.3 Å². The maximum Gasteiger partial charge on any atom is 0.407 e. The minimum absolute atomic E-state index is 0.0706. The fraction of sp³-hybridized carbons (Fsp3) is 0.208. The Morgan fingerprint density at radius 2 is 1.68 bits per heavy atom. The molecule has 1 aliphatic carbocycles. The van der Waals surface area contributed by atoms with Gasteiger partial charge in [-0.3, -0.25) is 4.79 Å². The third-order valence-corrected chi connectivity index (χ3v) is 5.39. The summed E-state index contributed by atoms with van der Waals surface area (Å²) in [4.78, 5) is 27.9. The Morgan fingerprint density at radius 3 is 2.23 bits per heavy atom. The van der Waals surface area contributed by atoms with E-state index in [1.807, 2.05) is 36.4 Å². The van der Waals surface area contributed by atoms with Gasteiger partial charge >= 0.3 is 12.1 Å². The molecule has 2 N–H and O–H groups in total. The zero-order chi connectivity index (χ0) is 21.8. The molecule has 0 fully saturated rings. The molecule has 1 aliphatic rings. The molecule has 0 saturated heterocycles. The number of nitrogens with zero attached hydrogens (tertiary/aromatic N) is 1. The first kappa shape index (κ1) is 20.4. The van der Waals surface area contributed by atoms with Crippen molar-refractivity contribution < 1.29 is 24.2 Å². The molecule has 4 rings (SSSR count). The molecule has 0 aliphatic heterocycles. The fourth-order valence-corrected chi connectivity index (χ4v) is 3.93. The second-order valence-electron chi connectivity index (χ2n) is 7.25. The highest BCUT2D eigenvalue weighted by Gasteiger charge is 2.29. The van der Waals surface area contributed by atoms with Gasteiger partial charge in [0.15, 0.2) is 0 Å². The van der Waals surface area contributed by atoms with Crippen LogP contribution in [0.1, 0.15) is 35.1 Å². The van der Waals surface area contributed by atoms with Gasteiger partial charge in [-0.15, -0.1) is 0 Å². The van der Waals surface area contributed by atoms with E-state index in [0.717, 1.165) is 22.3 Å². The zero-order valence-electron chi connectivity index (χ0n) is 16.9. The summed E-state index contributed by atoms with van der Waals surface area (Å²) in [5, 5.41) is 11.9. The van der Waals surface area contributed by atoms with Crippen molar-refractivity contribution in [2.45, 2.75) is 18.4 Å². The monoisotopic (exact) mass is 418 g/mol. The van der Waals surface area contributed by atoms with Gasteiger partial charge in [0.05, 0.1) is 19.6 Å². The topological polar surface area (TPSA) is 97.8 Å². The number of fused-ring (bicyclic) bond motifs is 3. The molecule has 1 heterocycles. The molecule has 1 amide bonds. The Labute approximate surface area is 179 Å². The summed E-state index contributed by atoms with van der Waals surface area (Å²) >= 11 is 0. The predicted molar refractivity (Wildman–Crippen MR) is 114 cm³/mol. The quantitative estimate of drug-likeness (QED) is 0.598. The van der Waals surface area contributed by atoms with Crippen LogP contribution in [0.25, 0.3) is 11.1 Å². The number of hydrogen-bond donors (Lipinski definition) is 2. The Bertz CT molecular complexity index is 1050. The van der Waals surface area contributed by atoms with Gasteiger partial charge in [-0.1, -0.05) is 54.6 Å². The molecule has 0 saturated carbocycles. The molecule has 31 heavy (non-hydrogen) atoms. The lowest BCUT2D eigenvalue weighted by atomic mass is 9.98. The molecule has 0 radical (unpaired) electrons. The van der Waals surface area contributed by atoms with E-state index >= 15 is 0 Å². The number of carboxylic acids is 1. The van der Waals surface area contributed by atoms with Crippen molar-refractivity contribution in [3.8, 4) is 17.0 Å². The summed E-state index contributed by atoms with van der Waals surface area (Å²) in [5.74, 6) is -0.711. The third-order valence-electron chi connectivity index (χ3n) is 5.39. The molecule has 158 valence electrons. The minimum Gasteiger partial charge on any atom is -0.481 e. The molecule has 1 unspecified atom stereocenters. The molecular weight excluding hydrogens is 396 g/mol. The normalized spacial score (nSPS) is 13.1. The number of hydrogen-bond acceptors (Lipinski definition) is 5. The summed E-state index contributed by atoms with van der Waals surface area (Å²) in [7, 11) is 1.49. The number of carbonyl (C=O) groups excluding carboxylic acids is 1. The summed E-state index contributed by atoms with van der Waals surface area (Å²) in [6.45, 7) is 0.153. The van der Waals surface area contributed by atoms with Crippen molar-refractivity contribution in [2.24, 2.45) is 0 Å². The first-order valence-corrected chi connectivity index (χ1v) is 9.90. The Balaban J connectivity index is 1.47. The maximum atomic E-state index is 12.5. The maximum absolute atomic E-state index is 12.5. The summed E-state index contributed by atoms with van der Waals surface area (Å²) in [6.07, 6.45) is 0.512. The number of carboxylic acid groups (broad SMARTS) is 1. The lowest BCUT2D eigenvalue weighted by Crippen LogP contribution is -2.31. The van der Waals surface area contributed by atoms with Gasteiger partial charge < -0.3 is 19.9 Å². The van der Waals surface area contributed by atoms with Crippen molar-refractivity contribution in [1.82, 2.24) is 10.3 Å². The van der Waals surface area contributed by atoms with Crippen LogP contribution in [-0.2, 0) is 9.53 Å². The van der Waals surface area contributed by atoms with Crippen molar-refractivity contribution in [3.05, 3.63) is 83.6 Å². The highest BCUT2D eigenvalue weighted by molar-refractivity contribution is 5.79. The standard InChI is InChI=1S/C24H22N2O5/c1-30-22-11-10-15(13-25-22)21(12-23(27)28)26-24(29)31-14-20-18-8-4-2-6-16(18)17-7-3-5-9-19(17)20/h2-11,13,20-21H,12,14H2,1H3,(H,26,29)(H,27,28). The van der Waals surface area contributed by atoms with Gasteiger partial charge in [0.2, 0.25) is 5.88 Å². The molecule has 0 spiro atoms. The van der Waals surface area contributed by atoms with E-state index in [9.17, 15) is 14.7 Å². The van der Waals surface area contributed by atoms with E-state index in [1.54, 1.807) is 12.1 Å². The number of aromatic nitrogens is 1. The van der Waals surface area contributed by atoms with Crippen LogP contribution < -0.4 is 10.1 Å². The van der Waals surface area contributed by atoms with Gasteiger partial charge in [-0.05, 0) is 27.8 Å². The van der Waals surface area contributed by atoms with Gasteiger partial charge in [-0.2, -0.15) is 0 Å². The van der Waals surface area contributed by atoms with Crippen LogP contribution in [0.15, 0.2) is 66.9 Å². The third kappa shape index (κ3) is 4.35. The molecule has 0 bridgehead atoms. The predicted octanol–water partition coefficient (Wildman–Crippen LogP) is 4.14.